The van der Waals surface area contributed by atoms with E-state index in [0.29, 0.717) is 5.92 Å². The molecule has 0 radical (unpaired) electrons. The summed E-state index contributed by atoms with van der Waals surface area (Å²) in [7, 11) is 0. The van der Waals surface area contributed by atoms with Gasteiger partial charge in [-0.25, -0.2) is 0 Å². The van der Waals surface area contributed by atoms with E-state index in [-0.39, 0.29) is 11.7 Å². The van der Waals surface area contributed by atoms with Crippen LogP contribution < -0.4 is 0 Å². The average molecular weight is 264 g/mol. The highest BCUT2D eigenvalue weighted by Gasteiger charge is 2.59. The molecule has 0 amide bonds. The predicted octanol–water partition coefficient (Wildman–Crippen LogP) is 2.91. The van der Waals surface area contributed by atoms with Crippen LogP contribution in [-0.2, 0) is 4.79 Å². The van der Waals surface area contributed by atoms with E-state index in [1.165, 1.54) is 0 Å². The summed E-state index contributed by atoms with van der Waals surface area (Å²) in [4.78, 5) is 11.1. The summed E-state index contributed by atoms with van der Waals surface area (Å²) in [6, 6.07) is 0. The van der Waals surface area contributed by atoms with Gasteiger partial charge in [-0.15, -0.1) is 11.6 Å². The molecule has 72 valence electrons. The first-order chi connectivity index (χ1) is 6.20. The van der Waals surface area contributed by atoms with Crippen LogP contribution in [0.5, 0.6) is 0 Å². The molecule has 2 rings (SSSR count). The van der Waals surface area contributed by atoms with Gasteiger partial charge in [0.15, 0.2) is 5.78 Å². The van der Waals surface area contributed by atoms with Crippen LogP contribution in [0.1, 0.15) is 19.3 Å². The van der Waals surface area contributed by atoms with Crippen LogP contribution in [0.25, 0.3) is 0 Å². The van der Waals surface area contributed by atoms with Gasteiger partial charge in [0.1, 0.15) is 4.87 Å². The van der Waals surface area contributed by atoms with Gasteiger partial charge < -0.3 is 0 Å². The SMILES string of the molecule is O=C1[C@@H]2CC=C[C@@H]2[C@@]1(Cl)CCCBr. The van der Waals surface area contributed by atoms with E-state index in [1.54, 1.807) is 0 Å². The summed E-state index contributed by atoms with van der Waals surface area (Å²) in [6.45, 7) is 0. The fraction of sp³-hybridized carbons (Fsp3) is 0.700. The lowest BCUT2D eigenvalue weighted by atomic mass is 9.63. The molecule has 1 saturated carbocycles. The first-order valence-electron chi connectivity index (χ1n) is 4.66. The Bertz CT molecular complexity index is 264. The van der Waals surface area contributed by atoms with Crippen LogP contribution >= 0.6 is 27.5 Å². The molecule has 0 aliphatic heterocycles. The van der Waals surface area contributed by atoms with Crippen molar-refractivity contribution in [3.05, 3.63) is 12.2 Å². The van der Waals surface area contributed by atoms with Gasteiger partial charge in [-0.3, -0.25) is 4.79 Å². The molecule has 0 unspecified atom stereocenters. The first kappa shape index (κ1) is 9.72. The lowest BCUT2D eigenvalue weighted by molar-refractivity contribution is -0.137. The van der Waals surface area contributed by atoms with Crippen molar-refractivity contribution in [1.29, 1.82) is 0 Å². The Hall–Kier alpha value is 0.180. The number of carbonyl (C=O) groups is 1. The number of fused-ring (bicyclic) bond motifs is 1. The zero-order valence-corrected chi connectivity index (χ0v) is 9.64. The van der Waals surface area contributed by atoms with Crippen LogP contribution in [0.4, 0.5) is 0 Å². The molecule has 3 atom stereocenters. The van der Waals surface area contributed by atoms with Crippen molar-refractivity contribution in [2.45, 2.75) is 24.1 Å². The third-order valence-electron chi connectivity index (χ3n) is 3.12. The molecule has 2 aliphatic carbocycles. The van der Waals surface area contributed by atoms with Gasteiger partial charge in [0.05, 0.1) is 0 Å². The maximum absolute atomic E-state index is 11.7. The van der Waals surface area contributed by atoms with Crippen LogP contribution in [0.3, 0.4) is 0 Å². The van der Waals surface area contributed by atoms with Gasteiger partial charge in [0.25, 0.3) is 0 Å². The second-order valence-electron chi connectivity index (χ2n) is 3.82. The number of Topliss-reactive ketones (excluding diaryl/α,β-unsaturated/α-hetero) is 1. The van der Waals surface area contributed by atoms with E-state index in [9.17, 15) is 4.79 Å². The Balaban J connectivity index is 2.06. The first-order valence-corrected chi connectivity index (χ1v) is 6.16. The van der Waals surface area contributed by atoms with E-state index < -0.39 is 4.87 Å². The Labute approximate surface area is 91.7 Å². The number of hydrogen-bond donors (Lipinski definition) is 0. The Kier molecular flexibility index (Phi) is 2.54. The van der Waals surface area contributed by atoms with Crippen molar-refractivity contribution < 1.29 is 4.79 Å². The number of alkyl halides is 2. The maximum Gasteiger partial charge on any atom is 0.158 e. The molecular weight excluding hydrogens is 251 g/mol. The monoisotopic (exact) mass is 262 g/mol. The summed E-state index contributed by atoms with van der Waals surface area (Å²) < 4.78 is 0. The zero-order chi connectivity index (χ0) is 9.47. The van der Waals surface area contributed by atoms with Crippen LogP contribution in [0.15, 0.2) is 12.2 Å². The molecule has 3 heteroatoms. The number of halogens is 2. The van der Waals surface area contributed by atoms with Crippen molar-refractivity contribution in [3.63, 3.8) is 0 Å². The highest BCUT2D eigenvalue weighted by molar-refractivity contribution is 9.09. The molecule has 1 fully saturated rings. The highest BCUT2D eigenvalue weighted by atomic mass is 79.9. The van der Waals surface area contributed by atoms with Gasteiger partial charge >= 0.3 is 0 Å². The van der Waals surface area contributed by atoms with Crippen molar-refractivity contribution in [3.8, 4) is 0 Å². The molecule has 0 aromatic rings. The second-order valence-corrected chi connectivity index (χ2v) is 5.28. The number of ketones is 1. The standard InChI is InChI=1S/C10H12BrClO/c11-6-2-5-10(12)8-4-1-3-7(8)9(10)13/h1,4,7-8H,2-3,5-6H2/t7-,8+,10+/m1/s1. The Morgan fingerprint density at radius 1 is 1.69 bits per heavy atom. The zero-order valence-electron chi connectivity index (χ0n) is 7.30. The second kappa shape index (κ2) is 3.39. The highest BCUT2D eigenvalue weighted by Crippen LogP contribution is 2.53. The fourth-order valence-corrected chi connectivity index (χ4v) is 3.16. The summed E-state index contributed by atoms with van der Waals surface area (Å²) in [5, 5.41) is 0.926. The minimum absolute atomic E-state index is 0.216. The third-order valence-corrected chi connectivity index (χ3v) is 4.30. The molecular formula is C10H12BrClO. The van der Waals surface area contributed by atoms with Crippen molar-refractivity contribution >= 4 is 33.3 Å². The van der Waals surface area contributed by atoms with E-state index in [0.717, 1.165) is 24.6 Å². The van der Waals surface area contributed by atoms with Crippen molar-refractivity contribution in [2.24, 2.45) is 11.8 Å². The molecule has 2 aliphatic rings. The summed E-state index contributed by atoms with van der Waals surface area (Å²) in [5.74, 6) is 0.804. The molecule has 1 nitrogen and oxygen atoms in total. The quantitative estimate of drug-likeness (QED) is 0.565. The minimum atomic E-state index is -0.550. The Morgan fingerprint density at radius 3 is 3.15 bits per heavy atom. The lowest BCUT2D eigenvalue weighted by Crippen LogP contribution is -2.57. The minimum Gasteiger partial charge on any atom is -0.297 e. The fourth-order valence-electron chi connectivity index (χ4n) is 2.38. The molecule has 0 aromatic heterocycles. The topological polar surface area (TPSA) is 17.1 Å². The largest absolute Gasteiger partial charge is 0.297 e. The normalized spacial score (nSPS) is 41.8. The van der Waals surface area contributed by atoms with Gasteiger partial charge in [0, 0.05) is 17.2 Å². The molecule has 0 bridgehead atoms. The van der Waals surface area contributed by atoms with E-state index >= 15 is 0 Å². The van der Waals surface area contributed by atoms with Gasteiger partial charge in [-0.1, -0.05) is 28.1 Å². The van der Waals surface area contributed by atoms with Gasteiger partial charge in [-0.05, 0) is 19.3 Å². The molecule has 0 spiro atoms. The molecule has 0 N–H and O–H groups in total. The summed E-state index contributed by atoms with van der Waals surface area (Å²) in [6.07, 6.45) is 6.90. The van der Waals surface area contributed by atoms with E-state index in [2.05, 4.69) is 28.1 Å². The van der Waals surface area contributed by atoms with Crippen molar-refractivity contribution in [1.82, 2.24) is 0 Å². The molecule has 0 aromatic carbocycles. The summed E-state index contributed by atoms with van der Waals surface area (Å²) >= 11 is 9.68. The third kappa shape index (κ3) is 1.30. The number of carbonyl (C=O) groups excluding carboxylic acids is 1. The molecule has 0 saturated heterocycles. The average Bonchev–Trinajstić information content (AvgIpc) is 2.59. The van der Waals surface area contributed by atoms with Crippen LogP contribution in [0, 0.1) is 11.8 Å². The smallest absolute Gasteiger partial charge is 0.158 e. The van der Waals surface area contributed by atoms with Crippen LogP contribution in [-0.4, -0.2) is 16.0 Å². The molecule has 0 heterocycles. The number of rotatable bonds is 3. The predicted molar refractivity (Wildman–Crippen MR) is 57.4 cm³/mol. The van der Waals surface area contributed by atoms with Crippen LogP contribution in [0.2, 0.25) is 0 Å². The summed E-state index contributed by atoms with van der Waals surface area (Å²) in [5.41, 5.74) is 0. The van der Waals surface area contributed by atoms with E-state index in [1.807, 2.05) is 0 Å². The number of hydrogen-bond acceptors (Lipinski definition) is 1. The van der Waals surface area contributed by atoms with E-state index in [4.69, 9.17) is 11.6 Å². The van der Waals surface area contributed by atoms with Crippen molar-refractivity contribution in [2.75, 3.05) is 5.33 Å². The van der Waals surface area contributed by atoms with Gasteiger partial charge in [-0.2, -0.15) is 0 Å². The number of allylic oxidation sites excluding steroid dienone is 2. The maximum atomic E-state index is 11.7. The lowest BCUT2D eigenvalue weighted by Gasteiger charge is -2.45. The van der Waals surface area contributed by atoms with Gasteiger partial charge in [0.2, 0.25) is 0 Å². The Morgan fingerprint density at radius 2 is 2.46 bits per heavy atom. The molecule has 13 heavy (non-hydrogen) atoms.